The highest BCUT2D eigenvalue weighted by Gasteiger charge is 2.04. The van der Waals surface area contributed by atoms with Gasteiger partial charge in [0.05, 0.1) is 19.3 Å². The van der Waals surface area contributed by atoms with Gasteiger partial charge in [-0.2, -0.15) is 5.26 Å². The van der Waals surface area contributed by atoms with Crippen molar-refractivity contribution in [2.75, 3.05) is 13.7 Å². The predicted molar refractivity (Wildman–Crippen MR) is 78.4 cm³/mol. The summed E-state index contributed by atoms with van der Waals surface area (Å²) in [6, 6.07) is 14.9. The SMILES string of the molecule is COc1ccc(CCOc2cc(Cl)ccc2C#N)cc1. The minimum Gasteiger partial charge on any atom is -0.497 e. The first-order valence-electron chi connectivity index (χ1n) is 6.18. The maximum atomic E-state index is 9.00. The largest absolute Gasteiger partial charge is 0.497 e. The van der Waals surface area contributed by atoms with E-state index in [1.165, 1.54) is 0 Å². The molecule has 0 bridgehead atoms. The smallest absolute Gasteiger partial charge is 0.138 e. The Morgan fingerprint density at radius 1 is 1.15 bits per heavy atom. The Kier molecular flexibility index (Phi) is 4.86. The zero-order chi connectivity index (χ0) is 14.4. The molecule has 0 aliphatic carbocycles. The molecule has 0 amide bonds. The molecule has 20 heavy (non-hydrogen) atoms. The van der Waals surface area contributed by atoms with Gasteiger partial charge in [0.25, 0.3) is 0 Å². The number of nitrogens with zero attached hydrogens (tertiary/aromatic N) is 1. The van der Waals surface area contributed by atoms with E-state index in [4.69, 9.17) is 26.3 Å². The van der Waals surface area contributed by atoms with E-state index in [1.54, 1.807) is 25.3 Å². The van der Waals surface area contributed by atoms with Gasteiger partial charge in [-0.1, -0.05) is 23.7 Å². The van der Waals surface area contributed by atoms with E-state index < -0.39 is 0 Å². The quantitative estimate of drug-likeness (QED) is 0.839. The lowest BCUT2D eigenvalue weighted by Gasteiger charge is -2.08. The van der Waals surface area contributed by atoms with E-state index >= 15 is 0 Å². The molecular weight excluding hydrogens is 274 g/mol. The van der Waals surface area contributed by atoms with Crippen LogP contribution in [0.5, 0.6) is 11.5 Å². The van der Waals surface area contributed by atoms with E-state index in [9.17, 15) is 0 Å². The number of rotatable bonds is 5. The number of hydrogen-bond acceptors (Lipinski definition) is 3. The van der Waals surface area contributed by atoms with E-state index in [2.05, 4.69) is 6.07 Å². The van der Waals surface area contributed by atoms with Crippen LogP contribution >= 0.6 is 11.6 Å². The first-order chi connectivity index (χ1) is 9.72. The molecule has 0 aliphatic rings. The summed E-state index contributed by atoms with van der Waals surface area (Å²) in [4.78, 5) is 0. The number of nitriles is 1. The van der Waals surface area contributed by atoms with Gasteiger partial charge in [-0.15, -0.1) is 0 Å². The lowest BCUT2D eigenvalue weighted by Crippen LogP contribution is -2.02. The molecule has 0 fully saturated rings. The summed E-state index contributed by atoms with van der Waals surface area (Å²) in [6.45, 7) is 0.487. The summed E-state index contributed by atoms with van der Waals surface area (Å²) in [5.74, 6) is 1.35. The summed E-state index contributed by atoms with van der Waals surface area (Å²) in [5.41, 5.74) is 1.63. The summed E-state index contributed by atoms with van der Waals surface area (Å²) < 4.78 is 10.7. The normalized spacial score (nSPS) is 9.85. The van der Waals surface area contributed by atoms with Crippen LogP contribution in [-0.2, 0) is 6.42 Å². The molecule has 0 atom stereocenters. The second kappa shape index (κ2) is 6.83. The Morgan fingerprint density at radius 2 is 1.90 bits per heavy atom. The highest BCUT2D eigenvalue weighted by atomic mass is 35.5. The fraction of sp³-hybridized carbons (Fsp3) is 0.188. The molecule has 2 rings (SSSR count). The van der Waals surface area contributed by atoms with Gasteiger partial charge in [-0.05, 0) is 29.8 Å². The van der Waals surface area contributed by atoms with Crippen molar-refractivity contribution in [3.8, 4) is 17.6 Å². The van der Waals surface area contributed by atoms with Crippen molar-refractivity contribution < 1.29 is 9.47 Å². The topological polar surface area (TPSA) is 42.2 Å². The van der Waals surface area contributed by atoms with Crippen molar-refractivity contribution >= 4 is 11.6 Å². The summed E-state index contributed by atoms with van der Waals surface area (Å²) in [7, 11) is 1.64. The monoisotopic (exact) mass is 287 g/mol. The maximum absolute atomic E-state index is 9.00. The van der Waals surface area contributed by atoms with E-state index in [-0.39, 0.29) is 0 Å². The van der Waals surface area contributed by atoms with Gasteiger partial charge in [0, 0.05) is 17.5 Å². The molecule has 0 saturated heterocycles. The van der Waals surface area contributed by atoms with Gasteiger partial charge < -0.3 is 9.47 Å². The minimum absolute atomic E-state index is 0.487. The van der Waals surface area contributed by atoms with Crippen LogP contribution in [0.3, 0.4) is 0 Å². The van der Waals surface area contributed by atoms with Crippen LogP contribution in [0.1, 0.15) is 11.1 Å². The van der Waals surface area contributed by atoms with Gasteiger partial charge in [0.2, 0.25) is 0 Å². The first-order valence-corrected chi connectivity index (χ1v) is 6.56. The second-order valence-corrected chi connectivity index (χ2v) is 4.64. The number of methoxy groups -OCH3 is 1. The van der Waals surface area contributed by atoms with Crippen LogP contribution in [0.25, 0.3) is 0 Å². The molecule has 0 heterocycles. The maximum Gasteiger partial charge on any atom is 0.138 e. The molecule has 102 valence electrons. The summed E-state index contributed by atoms with van der Waals surface area (Å²) in [5, 5.41) is 9.56. The van der Waals surface area contributed by atoms with Crippen LogP contribution in [0.2, 0.25) is 5.02 Å². The van der Waals surface area contributed by atoms with Crippen molar-refractivity contribution in [3.05, 3.63) is 58.6 Å². The van der Waals surface area contributed by atoms with Crippen molar-refractivity contribution in [2.24, 2.45) is 0 Å². The lowest BCUT2D eigenvalue weighted by molar-refractivity contribution is 0.321. The molecule has 0 unspecified atom stereocenters. The Balaban J connectivity index is 1.95. The molecule has 2 aromatic carbocycles. The lowest BCUT2D eigenvalue weighted by atomic mass is 10.1. The van der Waals surface area contributed by atoms with Gasteiger partial charge in [-0.25, -0.2) is 0 Å². The molecule has 0 aliphatic heterocycles. The molecule has 0 spiro atoms. The van der Waals surface area contributed by atoms with Crippen molar-refractivity contribution in [3.63, 3.8) is 0 Å². The molecule has 0 saturated carbocycles. The Labute approximate surface area is 123 Å². The summed E-state index contributed by atoms with van der Waals surface area (Å²) in [6.07, 6.45) is 0.751. The number of ether oxygens (including phenoxy) is 2. The van der Waals surface area contributed by atoms with Crippen LogP contribution in [0.4, 0.5) is 0 Å². The standard InChI is InChI=1S/C16H14ClNO2/c1-19-15-6-2-12(3-7-15)8-9-20-16-10-14(17)5-4-13(16)11-18/h2-7,10H,8-9H2,1H3. The zero-order valence-electron chi connectivity index (χ0n) is 11.1. The average molecular weight is 288 g/mol. The van der Waals surface area contributed by atoms with Gasteiger partial charge in [0.15, 0.2) is 0 Å². The van der Waals surface area contributed by atoms with E-state index in [0.717, 1.165) is 17.7 Å². The van der Waals surface area contributed by atoms with Gasteiger partial charge in [0.1, 0.15) is 17.6 Å². The number of halogens is 1. The van der Waals surface area contributed by atoms with E-state index in [0.29, 0.717) is 22.9 Å². The minimum atomic E-state index is 0.487. The highest BCUT2D eigenvalue weighted by molar-refractivity contribution is 6.30. The molecule has 0 aromatic heterocycles. The van der Waals surface area contributed by atoms with E-state index in [1.807, 2.05) is 24.3 Å². The fourth-order valence-electron chi connectivity index (χ4n) is 1.78. The number of hydrogen-bond donors (Lipinski definition) is 0. The predicted octanol–water partition coefficient (Wildman–Crippen LogP) is 3.84. The average Bonchev–Trinajstić information content (AvgIpc) is 2.48. The van der Waals surface area contributed by atoms with Crippen LogP contribution < -0.4 is 9.47 Å². The Bertz CT molecular complexity index is 617. The Morgan fingerprint density at radius 3 is 2.55 bits per heavy atom. The fourth-order valence-corrected chi connectivity index (χ4v) is 1.94. The third-order valence-electron chi connectivity index (χ3n) is 2.87. The molecular formula is C16H14ClNO2. The molecule has 3 nitrogen and oxygen atoms in total. The van der Waals surface area contributed by atoms with Crippen molar-refractivity contribution in [1.29, 1.82) is 5.26 Å². The zero-order valence-corrected chi connectivity index (χ0v) is 11.9. The number of benzene rings is 2. The third kappa shape index (κ3) is 3.66. The van der Waals surface area contributed by atoms with Crippen molar-refractivity contribution in [1.82, 2.24) is 0 Å². The van der Waals surface area contributed by atoms with Crippen molar-refractivity contribution in [2.45, 2.75) is 6.42 Å². The molecule has 0 radical (unpaired) electrons. The van der Waals surface area contributed by atoms with Gasteiger partial charge >= 0.3 is 0 Å². The third-order valence-corrected chi connectivity index (χ3v) is 3.11. The van der Waals surface area contributed by atoms with Crippen LogP contribution in [0, 0.1) is 11.3 Å². The summed E-state index contributed by atoms with van der Waals surface area (Å²) >= 11 is 5.90. The molecule has 4 heteroatoms. The van der Waals surface area contributed by atoms with Crippen LogP contribution in [0.15, 0.2) is 42.5 Å². The first kappa shape index (κ1) is 14.2. The van der Waals surface area contributed by atoms with Gasteiger partial charge in [-0.3, -0.25) is 0 Å². The molecule has 0 N–H and O–H groups in total. The Hall–Kier alpha value is -2.18. The second-order valence-electron chi connectivity index (χ2n) is 4.20. The van der Waals surface area contributed by atoms with Crippen LogP contribution in [-0.4, -0.2) is 13.7 Å². The highest BCUT2D eigenvalue weighted by Crippen LogP contribution is 2.23. The molecule has 2 aromatic rings.